The number of nitrogens with two attached hydrogens (primary N) is 1. The molecule has 3 fully saturated rings. The average Bonchev–Trinajstić information content (AvgIpc) is 3.12. The van der Waals surface area contributed by atoms with Gasteiger partial charge in [0.25, 0.3) is 0 Å². The maximum atomic E-state index is 14.7. The molecular weight excluding hydrogens is 905 g/mol. The summed E-state index contributed by atoms with van der Waals surface area (Å²) in [5.41, 5.74) is 5.22. The molecule has 0 unspecified atom stereocenters. The van der Waals surface area contributed by atoms with Crippen molar-refractivity contribution in [3.8, 4) is 11.5 Å². The Labute approximate surface area is 403 Å². The van der Waals surface area contributed by atoms with Gasteiger partial charge in [-0.3, -0.25) is 14.5 Å². The predicted octanol–water partition coefficient (Wildman–Crippen LogP) is 13.0. The van der Waals surface area contributed by atoms with Crippen molar-refractivity contribution in [1.29, 1.82) is 0 Å². The van der Waals surface area contributed by atoms with E-state index in [-0.39, 0.29) is 51.4 Å². The van der Waals surface area contributed by atoms with Crippen molar-refractivity contribution in [2.45, 2.75) is 213 Å². The first-order valence-corrected chi connectivity index (χ1v) is 28.7. The van der Waals surface area contributed by atoms with Gasteiger partial charge in [-0.15, -0.1) is 0 Å². The van der Waals surface area contributed by atoms with E-state index in [2.05, 4.69) is 134 Å². The molecule has 17 heteroatoms. The maximum Gasteiger partial charge on any atom is 0.428 e. The number of hydrogen-bond donors (Lipinski definition) is 3. The van der Waals surface area contributed by atoms with Crippen LogP contribution in [0.4, 0.5) is 0 Å². The first kappa shape index (κ1) is 58.0. The van der Waals surface area contributed by atoms with Crippen molar-refractivity contribution < 1.29 is 32.7 Å². The van der Waals surface area contributed by atoms with Gasteiger partial charge in [0.1, 0.15) is 11.5 Å². The van der Waals surface area contributed by atoms with Crippen molar-refractivity contribution in [2.75, 3.05) is 19.8 Å². The van der Waals surface area contributed by atoms with Gasteiger partial charge < -0.3 is 14.8 Å². The molecule has 4 N–H and O–H groups in total. The standard InChI is InChI=1S/C30H55N4O4P.C12H26N2O.C6H5Cl2O2P/c1-11-18-36-33-27(3,4)20-24(21-28(33,5)6)31-39(35,38-26-16-14-13-15-17-26)32-25-22-29(7,8)34(37-19-12-2)30(9,10)23-25;1-6-7-15-14-11(2,3)8-10(13)9-12(14,4)5;7-11(8,9)10-6-4-2-1-3-5-6/h13-17,24-25H,11-12,18-23H2,1-10H3,(H2,31,32,35);10H,6-9,13H2,1-5H3;1-5H. The fraction of sp³-hybridized carbons (Fsp3) is 0.750. The van der Waals surface area contributed by atoms with E-state index >= 15 is 0 Å². The molecule has 0 saturated carbocycles. The average molecular weight is 992 g/mol. The molecule has 65 heavy (non-hydrogen) atoms. The normalized spacial score (nSPS) is 22.5. The summed E-state index contributed by atoms with van der Waals surface area (Å²) in [6.45, 7) is 35.0. The third kappa shape index (κ3) is 18.2. The second-order valence-corrected chi connectivity index (χ2v) is 27.7. The molecule has 0 spiro atoms. The maximum absolute atomic E-state index is 14.7. The van der Waals surface area contributed by atoms with Crippen LogP contribution >= 0.6 is 36.2 Å². The quantitative estimate of drug-likeness (QED) is 0.130. The third-order valence-electron chi connectivity index (χ3n) is 11.7. The Morgan fingerprint density at radius 2 is 0.800 bits per heavy atom. The number of rotatable bonds is 17. The van der Waals surface area contributed by atoms with Gasteiger partial charge in [-0.2, -0.15) is 15.2 Å². The second-order valence-electron chi connectivity index (χ2n) is 21.7. The molecule has 3 aliphatic heterocycles. The summed E-state index contributed by atoms with van der Waals surface area (Å²) >= 11 is 10.3. The molecule has 3 heterocycles. The lowest BCUT2D eigenvalue weighted by atomic mass is 9.79. The van der Waals surface area contributed by atoms with E-state index in [1.54, 1.807) is 30.3 Å². The summed E-state index contributed by atoms with van der Waals surface area (Å²) < 4.78 is 36.4. The van der Waals surface area contributed by atoms with Gasteiger partial charge in [-0.05, 0) is 165 Å². The van der Waals surface area contributed by atoms with Crippen LogP contribution in [0.25, 0.3) is 0 Å². The van der Waals surface area contributed by atoms with E-state index in [9.17, 15) is 9.13 Å². The Bertz CT molecular complexity index is 1710. The number of nitrogens with zero attached hydrogens (tertiary/aromatic N) is 3. The number of hydrogen-bond acceptors (Lipinski definition) is 11. The Morgan fingerprint density at radius 1 is 0.523 bits per heavy atom. The topological polar surface area (TPSA) is 140 Å². The van der Waals surface area contributed by atoms with Gasteiger partial charge in [0, 0.05) is 73.8 Å². The van der Waals surface area contributed by atoms with Gasteiger partial charge in [0.2, 0.25) is 0 Å². The van der Waals surface area contributed by atoms with E-state index in [1.165, 1.54) is 0 Å². The monoisotopic (exact) mass is 991 g/mol. The zero-order chi connectivity index (χ0) is 49.1. The van der Waals surface area contributed by atoms with Crippen molar-refractivity contribution in [3.63, 3.8) is 0 Å². The summed E-state index contributed by atoms with van der Waals surface area (Å²) in [5.74, 6) is 0.992. The van der Waals surface area contributed by atoms with Crippen molar-refractivity contribution in [1.82, 2.24) is 25.4 Å². The van der Waals surface area contributed by atoms with Gasteiger partial charge in [-0.25, -0.2) is 19.3 Å². The molecule has 3 saturated heterocycles. The molecule has 0 aliphatic carbocycles. The van der Waals surface area contributed by atoms with E-state index < -0.39 is 13.7 Å². The lowest BCUT2D eigenvalue weighted by molar-refractivity contribution is -0.283. The fourth-order valence-corrected chi connectivity index (χ4v) is 13.2. The van der Waals surface area contributed by atoms with Crippen LogP contribution in [0.15, 0.2) is 60.7 Å². The van der Waals surface area contributed by atoms with Gasteiger partial charge in [0.05, 0.1) is 19.8 Å². The summed E-state index contributed by atoms with van der Waals surface area (Å²) in [5, 5.41) is 13.5. The van der Waals surface area contributed by atoms with Crippen LogP contribution < -0.4 is 25.0 Å². The molecule has 5 rings (SSSR count). The highest BCUT2D eigenvalue weighted by atomic mass is 35.9. The summed E-state index contributed by atoms with van der Waals surface area (Å²) in [6, 6.07) is 18.2. The Kier molecular flexibility index (Phi) is 21.5. The largest absolute Gasteiger partial charge is 0.428 e. The van der Waals surface area contributed by atoms with Crippen LogP contribution in [-0.4, -0.2) is 86.4 Å². The van der Waals surface area contributed by atoms with E-state index in [0.717, 1.165) is 64.4 Å². The highest BCUT2D eigenvalue weighted by Crippen LogP contribution is 2.57. The summed E-state index contributed by atoms with van der Waals surface area (Å²) in [4.78, 5) is 18.3. The first-order valence-electron chi connectivity index (χ1n) is 23.6. The highest BCUT2D eigenvalue weighted by molar-refractivity contribution is 8.05. The Morgan fingerprint density at radius 3 is 1.08 bits per heavy atom. The minimum Gasteiger partial charge on any atom is -0.422 e. The molecular formula is C48H86Cl2N6O7P2. The SMILES string of the molecule is CCCON1C(C)(C)CC(N)CC1(C)C.CCCON1C(C)(C)CC(NP(=O)(NC2CC(C)(C)N(OCCC)C(C)(C)C2)Oc2ccccc2)CC1(C)C.O=P(Cl)(Cl)Oc1ccccc1. The van der Waals surface area contributed by atoms with Crippen LogP contribution in [0.3, 0.4) is 0 Å². The van der Waals surface area contributed by atoms with Gasteiger partial charge in [-0.1, -0.05) is 57.2 Å². The molecule has 0 amide bonds. The minimum atomic E-state index is -3.50. The lowest BCUT2D eigenvalue weighted by Crippen LogP contribution is -2.64. The molecule has 0 atom stereocenters. The molecule has 2 aromatic carbocycles. The molecule has 0 aromatic heterocycles. The molecule has 0 radical (unpaired) electrons. The highest BCUT2D eigenvalue weighted by Gasteiger charge is 2.51. The molecule has 374 valence electrons. The smallest absolute Gasteiger partial charge is 0.422 e. The van der Waals surface area contributed by atoms with Crippen LogP contribution in [-0.2, 0) is 23.6 Å². The molecule has 0 bridgehead atoms. The molecule has 3 aliphatic rings. The number of benzene rings is 2. The van der Waals surface area contributed by atoms with Gasteiger partial charge >= 0.3 is 13.7 Å². The Balaban J connectivity index is 0.000000349. The van der Waals surface area contributed by atoms with Crippen molar-refractivity contribution >= 4 is 36.2 Å². The van der Waals surface area contributed by atoms with E-state index in [0.29, 0.717) is 24.7 Å². The number of nitrogens with one attached hydrogen (secondary N) is 2. The van der Waals surface area contributed by atoms with Gasteiger partial charge in [0.15, 0.2) is 0 Å². The Hall–Kier alpha value is -1.28. The predicted molar refractivity (Wildman–Crippen MR) is 269 cm³/mol. The number of piperidine rings is 3. The number of hydroxylamine groups is 6. The summed E-state index contributed by atoms with van der Waals surface area (Å²) in [6.07, 6.45) is 4.66. The number of para-hydroxylation sites is 2. The lowest BCUT2D eigenvalue weighted by Gasteiger charge is -2.55. The zero-order valence-electron chi connectivity index (χ0n) is 42.4. The van der Waals surface area contributed by atoms with E-state index in [4.69, 9.17) is 47.3 Å². The van der Waals surface area contributed by atoms with E-state index in [1.807, 2.05) is 30.3 Å². The van der Waals surface area contributed by atoms with Crippen molar-refractivity contribution in [2.24, 2.45) is 5.73 Å². The second kappa shape index (κ2) is 24.0. The molecule has 13 nitrogen and oxygen atoms in total. The minimum absolute atomic E-state index is 0.0208. The van der Waals surface area contributed by atoms with Crippen LogP contribution in [0.2, 0.25) is 0 Å². The fourth-order valence-electron chi connectivity index (χ4n) is 10.5. The van der Waals surface area contributed by atoms with Crippen molar-refractivity contribution in [3.05, 3.63) is 60.7 Å². The first-order chi connectivity index (χ1) is 29.9. The summed E-state index contributed by atoms with van der Waals surface area (Å²) in [7, 11) is -3.50. The van der Waals surface area contributed by atoms with Crippen LogP contribution in [0.1, 0.15) is 162 Å². The van der Waals surface area contributed by atoms with Crippen LogP contribution in [0.5, 0.6) is 11.5 Å². The molecule has 2 aromatic rings. The van der Waals surface area contributed by atoms with Crippen LogP contribution in [0, 0.1) is 0 Å². The number of halogens is 2. The zero-order valence-corrected chi connectivity index (χ0v) is 45.7. The third-order valence-corrected chi connectivity index (χ3v) is 14.4.